The number of halogens is 1. The molecule has 3 rings (SSSR count). The number of nitrogens with zero attached hydrogens (tertiary/aromatic N) is 3. The summed E-state index contributed by atoms with van der Waals surface area (Å²) in [5.41, 5.74) is 2.62. The Bertz CT molecular complexity index is 683. The van der Waals surface area contributed by atoms with Crippen molar-refractivity contribution < 1.29 is 9.47 Å². The third-order valence-corrected chi connectivity index (χ3v) is 5.90. The number of likely N-dealkylation sites (tertiary alicyclic amines) is 1. The van der Waals surface area contributed by atoms with Crippen LogP contribution in [-0.2, 0) is 13.0 Å². The van der Waals surface area contributed by atoms with E-state index in [1.54, 1.807) is 14.2 Å². The van der Waals surface area contributed by atoms with Crippen molar-refractivity contribution in [3.63, 3.8) is 0 Å². The summed E-state index contributed by atoms with van der Waals surface area (Å²) in [6.45, 7) is 8.83. The highest BCUT2D eigenvalue weighted by Gasteiger charge is 2.22. The van der Waals surface area contributed by atoms with Crippen molar-refractivity contribution in [1.29, 1.82) is 0 Å². The molecular formula is C22H37IN4O2. The van der Waals surface area contributed by atoms with Gasteiger partial charge in [0.25, 0.3) is 0 Å². The molecule has 0 spiro atoms. The Morgan fingerprint density at radius 1 is 1.17 bits per heavy atom. The predicted molar refractivity (Wildman–Crippen MR) is 130 cm³/mol. The zero-order valence-corrected chi connectivity index (χ0v) is 20.7. The van der Waals surface area contributed by atoms with Crippen molar-refractivity contribution in [3.8, 4) is 11.5 Å². The fourth-order valence-corrected chi connectivity index (χ4v) is 4.39. The first-order valence-corrected chi connectivity index (χ1v) is 10.6. The van der Waals surface area contributed by atoms with Gasteiger partial charge in [0.15, 0.2) is 17.5 Å². The molecule has 1 atom stereocenters. The zero-order valence-electron chi connectivity index (χ0n) is 18.4. The van der Waals surface area contributed by atoms with Gasteiger partial charge in [-0.2, -0.15) is 0 Å². The summed E-state index contributed by atoms with van der Waals surface area (Å²) in [4.78, 5) is 9.46. The lowest BCUT2D eigenvalue weighted by atomic mass is 9.99. The van der Waals surface area contributed by atoms with Gasteiger partial charge in [0.2, 0.25) is 0 Å². The molecule has 1 N–H and O–H groups in total. The van der Waals surface area contributed by atoms with E-state index >= 15 is 0 Å². The molecule has 164 valence electrons. The number of guanidine groups is 1. The average molecular weight is 516 g/mol. The highest BCUT2D eigenvalue weighted by atomic mass is 127. The first-order valence-electron chi connectivity index (χ1n) is 10.6. The van der Waals surface area contributed by atoms with Gasteiger partial charge in [-0.1, -0.05) is 6.92 Å². The number of hydrogen-bond donors (Lipinski definition) is 1. The van der Waals surface area contributed by atoms with Crippen LogP contribution in [0.1, 0.15) is 37.3 Å². The molecule has 6 nitrogen and oxygen atoms in total. The number of methoxy groups -OCH3 is 2. The van der Waals surface area contributed by atoms with Crippen LogP contribution in [0.25, 0.3) is 0 Å². The quantitative estimate of drug-likeness (QED) is 0.272. The minimum absolute atomic E-state index is 0. The molecule has 1 saturated heterocycles. The number of rotatable bonds is 6. The van der Waals surface area contributed by atoms with Crippen molar-refractivity contribution in [1.82, 2.24) is 15.1 Å². The number of fused-ring (bicyclic) bond motifs is 1. The summed E-state index contributed by atoms with van der Waals surface area (Å²) in [6, 6.07) is 4.21. The van der Waals surface area contributed by atoms with Gasteiger partial charge < -0.3 is 24.6 Å². The van der Waals surface area contributed by atoms with Crippen LogP contribution < -0.4 is 14.8 Å². The zero-order chi connectivity index (χ0) is 19.9. The summed E-state index contributed by atoms with van der Waals surface area (Å²) >= 11 is 0. The van der Waals surface area contributed by atoms with E-state index < -0.39 is 0 Å². The van der Waals surface area contributed by atoms with Gasteiger partial charge in [-0.3, -0.25) is 4.99 Å². The van der Waals surface area contributed by atoms with E-state index in [9.17, 15) is 0 Å². The van der Waals surface area contributed by atoms with E-state index in [4.69, 9.17) is 9.47 Å². The molecule has 2 aliphatic rings. The average Bonchev–Trinajstić information content (AvgIpc) is 2.72. The Morgan fingerprint density at radius 2 is 1.90 bits per heavy atom. The minimum Gasteiger partial charge on any atom is -0.493 e. The van der Waals surface area contributed by atoms with Crippen LogP contribution in [0.3, 0.4) is 0 Å². The topological polar surface area (TPSA) is 49.3 Å². The molecule has 2 heterocycles. The molecule has 7 heteroatoms. The Balaban J connectivity index is 0.00000300. The monoisotopic (exact) mass is 516 g/mol. The number of nitrogens with one attached hydrogen (secondary N) is 1. The summed E-state index contributed by atoms with van der Waals surface area (Å²) in [6.07, 6.45) is 4.87. The van der Waals surface area contributed by atoms with Crippen molar-refractivity contribution in [2.45, 2.75) is 39.2 Å². The highest BCUT2D eigenvalue weighted by Crippen LogP contribution is 2.33. The lowest BCUT2D eigenvalue weighted by molar-refractivity contribution is 0.182. The Labute approximate surface area is 193 Å². The Hall–Kier alpha value is -1.22. The molecular weight excluding hydrogens is 479 g/mol. The maximum Gasteiger partial charge on any atom is 0.193 e. The second-order valence-corrected chi connectivity index (χ2v) is 8.02. The smallest absolute Gasteiger partial charge is 0.193 e. The molecule has 0 amide bonds. The number of benzene rings is 1. The molecule has 0 aromatic heterocycles. The molecule has 0 bridgehead atoms. The third kappa shape index (κ3) is 6.38. The maximum atomic E-state index is 5.47. The number of hydrogen-bond acceptors (Lipinski definition) is 4. The molecule has 1 fully saturated rings. The second-order valence-electron chi connectivity index (χ2n) is 8.02. The van der Waals surface area contributed by atoms with E-state index in [1.807, 2.05) is 7.05 Å². The van der Waals surface area contributed by atoms with Crippen LogP contribution in [0.5, 0.6) is 11.5 Å². The minimum atomic E-state index is 0. The van der Waals surface area contributed by atoms with Gasteiger partial charge in [0.1, 0.15) is 0 Å². The molecule has 0 radical (unpaired) electrons. The number of aliphatic imine (C=N–C) groups is 1. The van der Waals surface area contributed by atoms with Gasteiger partial charge in [-0.15, -0.1) is 24.0 Å². The lowest BCUT2D eigenvalue weighted by Crippen LogP contribution is -2.45. The highest BCUT2D eigenvalue weighted by molar-refractivity contribution is 14.0. The molecule has 1 aromatic carbocycles. The van der Waals surface area contributed by atoms with Crippen molar-refractivity contribution in [2.24, 2.45) is 10.9 Å². The lowest BCUT2D eigenvalue weighted by Gasteiger charge is -2.33. The third-order valence-electron chi connectivity index (χ3n) is 5.90. The Morgan fingerprint density at radius 3 is 2.55 bits per heavy atom. The van der Waals surface area contributed by atoms with Crippen LogP contribution in [-0.4, -0.2) is 69.8 Å². The van der Waals surface area contributed by atoms with Gasteiger partial charge in [0.05, 0.1) is 14.2 Å². The van der Waals surface area contributed by atoms with E-state index in [0.717, 1.165) is 55.9 Å². The van der Waals surface area contributed by atoms with Crippen molar-refractivity contribution in [3.05, 3.63) is 23.3 Å². The largest absolute Gasteiger partial charge is 0.493 e. The summed E-state index contributed by atoms with van der Waals surface area (Å²) in [5, 5.41) is 3.57. The normalized spacial score (nSPS) is 19.9. The van der Waals surface area contributed by atoms with Crippen LogP contribution in [0.4, 0.5) is 0 Å². The van der Waals surface area contributed by atoms with Crippen LogP contribution in [0, 0.1) is 5.92 Å². The van der Waals surface area contributed by atoms with Gasteiger partial charge in [0, 0.05) is 33.2 Å². The van der Waals surface area contributed by atoms with Crippen molar-refractivity contribution >= 4 is 29.9 Å². The summed E-state index contributed by atoms with van der Waals surface area (Å²) in [7, 11) is 5.25. The van der Waals surface area contributed by atoms with E-state index in [1.165, 1.54) is 43.6 Å². The van der Waals surface area contributed by atoms with Crippen LogP contribution >= 0.6 is 24.0 Å². The molecule has 0 aliphatic carbocycles. The first kappa shape index (κ1) is 24.1. The summed E-state index contributed by atoms with van der Waals surface area (Å²) < 4.78 is 10.9. The van der Waals surface area contributed by atoms with E-state index in [2.05, 4.69) is 39.2 Å². The molecule has 29 heavy (non-hydrogen) atoms. The molecule has 1 unspecified atom stereocenters. The number of piperidine rings is 1. The van der Waals surface area contributed by atoms with Crippen LogP contribution in [0.2, 0.25) is 0 Å². The SMILES string of the molecule is CN=C(NCCCN1CCCC(C)C1)N1CCc2cc(OC)c(OC)cc2C1.I. The van der Waals surface area contributed by atoms with Gasteiger partial charge >= 0.3 is 0 Å². The van der Waals surface area contributed by atoms with Crippen LogP contribution in [0.15, 0.2) is 17.1 Å². The molecule has 2 aliphatic heterocycles. The van der Waals surface area contributed by atoms with E-state index in [-0.39, 0.29) is 24.0 Å². The fraction of sp³-hybridized carbons (Fsp3) is 0.682. The van der Waals surface area contributed by atoms with Crippen molar-refractivity contribution in [2.75, 3.05) is 54.0 Å². The van der Waals surface area contributed by atoms with Gasteiger partial charge in [-0.25, -0.2) is 0 Å². The first-order chi connectivity index (χ1) is 13.6. The molecule has 1 aromatic rings. The van der Waals surface area contributed by atoms with E-state index in [0.29, 0.717) is 0 Å². The maximum absolute atomic E-state index is 5.47. The summed E-state index contributed by atoms with van der Waals surface area (Å²) in [5.74, 6) is 3.44. The second kappa shape index (κ2) is 11.8. The molecule has 0 saturated carbocycles. The number of ether oxygens (including phenoxy) is 2. The fourth-order valence-electron chi connectivity index (χ4n) is 4.39. The van der Waals surface area contributed by atoms with Gasteiger partial charge in [-0.05, 0) is 68.0 Å². The Kier molecular flexibility index (Phi) is 9.82. The standard InChI is InChI=1S/C22H36N4O2.HI/c1-17-7-5-10-25(15-17)11-6-9-24-22(23-2)26-12-8-18-13-20(27-3)21(28-4)14-19(18)16-26;/h13-14,17H,5-12,15-16H2,1-4H3,(H,23,24);1H. The predicted octanol–water partition coefficient (Wildman–Crippen LogP) is 3.38.